The minimum Gasteiger partial charge on any atom is -0.340 e. The first-order valence-electron chi connectivity index (χ1n) is 13.2. The van der Waals surface area contributed by atoms with Crippen molar-refractivity contribution in [1.29, 1.82) is 0 Å². The second kappa shape index (κ2) is 12.6. The highest BCUT2D eigenvalue weighted by Gasteiger charge is 2.28. The van der Waals surface area contributed by atoms with Crippen LogP contribution in [0.2, 0.25) is 0 Å². The summed E-state index contributed by atoms with van der Waals surface area (Å²) in [5, 5.41) is 6.96. The Morgan fingerprint density at radius 2 is 1.26 bits per heavy atom. The Morgan fingerprint density at radius 1 is 0.744 bits per heavy atom. The second-order valence-corrected chi connectivity index (χ2v) is 9.96. The Bertz CT molecular complexity index is 1340. The predicted octanol–water partition coefficient (Wildman–Crippen LogP) is 5.67. The van der Waals surface area contributed by atoms with Gasteiger partial charge in [0.15, 0.2) is 0 Å². The summed E-state index contributed by atoms with van der Waals surface area (Å²) < 4.78 is 0. The standard InChI is InChI=1S/C31H33N7S/c1-23-22-24(2)33-29(32-23)35-30(36-31(39)34-27-16-10-5-11-17-27)38-20-18-37(19-21-38)28(25-12-6-3-7-13-25)26-14-8-4-9-15-26/h3-17,22,28H,18-21H2,1-2H3,(H2,32,33,34,35,36,39). The Kier molecular flexibility index (Phi) is 8.55. The fraction of sp³-hybridized carbons (Fsp3) is 0.226. The first-order chi connectivity index (χ1) is 19.0. The molecule has 0 amide bonds. The van der Waals surface area contributed by atoms with Gasteiger partial charge in [0.2, 0.25) is 17.0 Å². The van der Waals surface area contributed by atoms with Gasteiger partial charge in [0.05, 0.1) is 6.04 Å². The molecule has 0 saturated carbocycles. The van der Waals surface area contributed by atoms with Gasteiger partial charge in [-0.05, 0) is 55.4 Å². The van der Waals surface area contributed by atoms with Gasteiger partial charge in [0, 0.05) is 43.3 Å². The summed E-state index contributed by atoms with van der Waals surface area (Å²) in [4.78, 5) is 18.7. The molecule has 7 nitrogen and oxygen atoms in total. The Labute approximate surface area is 235 Å². The molecular formula is C31H33N7S. The zero-order chi connectivity index (χ0) is 27.0. The predicted molar refractivity (Wildman–Crippen MR) is 163 cm³/mol. The lowest BCUT2D eigenvalue weighted by Gasteiger charge is -2.40. The topological polar surface area (TPSA) is 68.7 Å². The van der Waals surface area contributed by atoms with E-state index in [4.69, 9.17) is 17.2 Å². The molecule has 0 spiro atoms. The van der Waals surface area contributed by atoms with Crippen LogP contribution in [0, 0.1) is 13.8 Å². The Balaban J connectivity index is 1.37. The molecule has 39 heavy (non-hydrogen) atoms. The summed E-state index contributed by atoms with van der Waals surface area (Å²) in [7, 11) is 0. The summed E-state index contributed by atoms with van der Waals surface area (Å²) in [6.07, 6.45) is 0. The van der Waals surface area contributed by atoms with Crippen LogP contribution in [0.4, 0.5) is 11.6 Å². The van der Waals surface area contributed by atoms with Crippen LogP contribution in [-0.4, -0.2) is 57.0 Å². The monoisotopic (exact) mass is 535 g/mol. The molecule has 5 rings (SSSR count). The van der Waals surface area contributed by atoms with Crippen LogP contribution in [-0.2, 0) is 0 Å². The quantitative estimate of drug-likeness (QED) is 0.194. The van der Waals surface area contributed by atoms with Crippen LogP contribution in [0.5, 0.6) is 0 Å². The van der Waals surface area contributed by atoms with Crippen molar-refractivity contribution in [3.05, 3.63) is 120 Å². The lowest BCUT2D eigenvalue weighted by atomic mass is 9.96. The van der Waals surface area contributed by atoms with Crippen LogP contribution >= 0.6 is 12.2 Å². The zero-order valence-corrected chi connectivity index (χ0v) is 23.1. The molecule has 0 radical (unpaired) electrons. The average Bonchev–Trinajstić information content (AvgIpc) is 2.94. The van der Waals surface area contributed by atoms with E-state index in [1.807, 2.05) is 50.2 Å². The minimum atomic E-state index is 0.187. The Morgan fingerprint density at radius 3 is 1.79 bits per heavy atom. The molecular weight excluding hydrogens is 502 g/mol. The number of piperazine rings is 1. The van der Waals surface area contributed by atoms with E-state index in [1.54, 1.807) is 0 Å². The summed E-state index contributed by atoms with van der Waals surface area (Å²) in [6.45, 7) is 7.21. The summed E-state index contributed by atoms with van der Waals surface area (Å²) in [5.74, 6) is 1.16. The highest BCUT2D eigenvalue weighted by Crippen LogP contribution is 2.29. The van der Waals surface area contributed by atoms with Crippen molar-refractivity contribution >= 4 is 34.9 Å². The number of para-hydroxylation sites is 1. The summed E-state index contributed by atoms with van der Waals surface area (Å²) in [6, 6.07) is 33.4. The van der Waals surface area contributed by atoms with Gasteiger partial charge in [-0.15, -0.1) is 0 Å². The van der Waals surface area contributed by atoms with Crippen molar-refractivity contribution < 1.29 is 0 Å². The molecule has 3 aromatic carbocycles. The number of hydrogen-bond donors (Lipinski definition) is 2. The van der Waals surface area contributed by atoms with Gasteiger partial charge >= 0.3 is 0 Å². The fourth-order valence-electron chi connectivity index (χ4n) is 4.91. The molecule has 1 aromatic heterocycles. The first kappa shape index (κ1) is 26.5. The molecule has 1 fully saturated rings. The second-order valence-electron chi connectivity index (χ2n) is 9.58. The van der Waals surface area contributed by atoms with Crippen LogP contribution in [0.3, 0.4) is 0 Å². The number of hydrogen-bond acceptors (Lipinski definition) is 4. The molecule has 4 aromatic rings. The molecule has 0 atom stereocenters. The van der Waals surface area contributed by atoms with Gasteiger partial charge in [-0.25, -0.2) is 9.97 Å². The number of thiocarbonyl (C=S) groups is 1. The number of nitrogens with zero attached hydrogens (tertiary/aromatic N) is 5. The van der Waals surface area contributed by atoms with Crippen molar-refractivity contribution in [2.75, 3.05) is 36.8 Å². The van der Waals surface area contributed by atoms with Crippen molar-refractivity contribution in [3.63, 3.8) is 0 Å². The highest BCUT2D eigenvalue weighted by atomic mass is 32.1. The van der Waals surface area contributed by atoms with Crippen molar-refractivity contribution in [3.8, 4) is 0 Å². The molecule has 0 bridgehead atoms. The van der Waals surface area contributed by atoms with Crippen LogP contribution in [0.25, 0.3) is 0 Å². The van der Waals surface area contributed by atoms with Gasteiger partial charge in [-0.1, -0.05) is 78.9 Å². The fourth-order valence-corrected chi connectivity index (χ4v) is 5.11. The molecule has 1 aliphatic rings. The minimum absolute atomic E-state index is 0.187. The lowest BCUT2D eigenvalue weighted by Crippen LogP contribution is -2.52. The lowest BCUT2D eigenvalue weighted by molar-refractivity contribution is 0.150. The molecule has 2 heterocycles. The number of aliphatic imine (C=N–C) groups is 1. The number of benzene rings is 3. The number of anilines is 2. The maximum atomic E-state index is 5.63. The van der Waals surface area contributed by atoms with Crippen molar-refractivity contribution in [2.45, 2.75) is 19.9 Å². The van der Waals surface area contributed by atoms with Gasteiger partial charge in [-0.3, -0.25) is 10.2 Å². The molecule has 1 saturated heterocycles. The molecule has 0 unspecified atom stereocenters. The van der Waals surface area contributed by atoms with Crippen LogP contribution in [0.15, 0.2) is 102 Å². The SMILES string of the molecule is Cc1cc(C)nc(N/C(=N/C(=S)Nc2ccccc2)N2CCN(C(c3ccccc3)c3ccccc3)CC2)n1. The average molecular weight is 536 g/mol. The smallest absolute Gasteiger partial charge is 0.229 e. The summed E-state index contributed by atoms with van der Waals surface area (Å²) >= 11 is 5.63. The van der Waals surface area contributed by atoms with Crippen molar-refractivity contribution in [2.24, 2.45) is 4.99 Å². The number of nitrogens with one attached hydrogen (secondary N) is 2. The molecule has 0 aliphatic carbocycles. The van der Waals surface area contributed by atoms with Crippen LogP contribution < -0.4 is 10.6 Å². The van der Waals surface area contributed by atoms with Gasteiger partial charge in [-0.2, -0.15) is 4.99 Å². The highest BCUT2D eigenvalue weighted by molar-refractivity contribution is 7.80. The molecule has 198 valence electrons. The van der Waals surface area contributed by atoms with E-state index < -0.39 is 0 Å². The third-order valence-electron chi connectivity index (χ3n) is 6.65. The number of aromatic nitrogens is 2. The van der Waals surface area contributed by atoms with Crippen LogP contribution in [0.1, 0.15) is 28.6 Å². The zero-order valence-electron chi connectivity index (χ0n) is 22.3. The van der Waals surface area contributed by atoms with E-state index in [0.717, 1.165) is 43.3 Å². The molecule has 1 aliphatic heterocycles. The number of rotatable bonds is 5. The van der Waals surface area contributed by atoms with Gasteiger partial charge in [0.25, 0.3) is 0 Å². The molecule has 2 N–H and O–H groups in total. The summed E-state index contributed by atoms with van der Waals surface area (Å²) in [5.41, 5.74) is 5.27. The number of aryl methyl sites for hydroxylation is 2. The maximum absolute atomic E-state index is 5.63. The largest absolute Gasteiger partial charge is 0.340 e. The van der Waals surface area contributed by atoms with Gasteiger partial charge < -0.3 is 10.2 Å². The van der Waals surface area contributed by atoms with E-state index in [2.05, 4.69) is 91.1 Å². The Hall–Kier alpha value is -4.14. The molecule has 8 heteroatoms. The van der Waals surface area contributed by atoms with E-state index in [1.165, 1.54) is 11.1 Å². The normalized spacial score (nSPS) is 14.3. The third kappa shape index (κ3) is 7.04. The van der Waals surface area contributed by atoms with Crippen molar-refractivity contribution in [1.82, 2.24) is 19.8 Å². The van der Waals surface area contributed by atoms with Gasteiger partial charge in [0.1, 0.15) is 0 Å². The van der Waals surface area contributed by atoms with E-state index in [-0.39, 0.29) is 6.04 Å². The van der Waals surface area contributed by atoms with E-state index >= 15 is 0 Å². The van der Waals surface area contributed by atoms with E-state index in [0.29, 0.717) is 17.0 Å². The third-order valence-corrected chi connectivity index (χ3v) is 6.84. The number of guanidine groups is 1. The maximum Gasteiger partial charge on any atom is 0.229 e. The first-order valence-corrected chi connectivity index (χ1v) is 13.6. The van der Waals surface area contributed by atoms with E-state index in [9.17, 15) is 0 Å².